The minimum atomic E-state index is 0.0682. The molecule has 0 radical (unpaired) electrons. The van der Waals surface area contributed by atoms with Gasteiger partial charge in [0, 0.05) is 19.1 Å². The van der Waals surface area contributed by atoms with Gasteiger partial charge >= 0.3 is 6.03 Å². The Kier molecular flexibility index (Phi) is 6.37. The van der Waals surface area contributed by atoms with Gasteiger partial charge in [0.25, 0.3) is 0 Å². The van der Waals surface area contributed by atoms with E-state index in [0.29, 0.717) is 0 Å². The number of amides is 2. The van der Waals surface area contributed by atoms with Crippen LogP contribution in [0.15, 0.2) is 0 Å². The normalized spacial score (nSPS) is 10.2. The molecule has 3 nitrogen and oxygen atoms in total. The summed E-state index contributed by atoms with van der Waals surface area (Å²) in [6.07, 6.45) is 2.04. The molecule has 2 amide bonds. The Labute approximate surface area is 81.5 Å². The van der Waals surface area contributed by atoms with E-state index in [2.05, 4.69) is 19.2 Å². The van der Waals surface area contributed by atoms with Crippen LogP contribution < -0.4 is 5.32 Å². The Morgan fingerprint density at radius 1 is 1.23 bits per heavy atom. The topological polar surface area (TPSA) is 32.3 Å². The quantitative estimate of drug-likeness (QED) is 0.701. The van der Waals surface area contributed by atoms with Crippen molar-refractivity contribution in [2.75, 3.05) is 13.1 Å². The molecule has 0 aromatic carbocycles. The summed E-state index contributed by atoms with van der Waals surface area (Å²) in [7, 11) is 0. The molecule has 13 heavy (non-hydrogen) atoms. The van der Waals surface area contributed by atoms with Gasteiger partial charge in [0.05, 0.1) is 0 Å². The summed E-state index contributed by atoms with van der Waals surface area (Å²) in [5.41, 5.74) is 0. The molecule has 0 aliphatic heterocycles. The number of carbonyl (C=O) groups is 1. The van der Waals surface area contributed by atoms with Crippen LogP contribution in [0.25, 0.3) is 0 Å². The zero-order chi connectivity index (χ0) is 10.3. The lowest BCUT2D eigenvalue weighted by Crippen LogP contribution is -2.43. The van der Waals surface area contributed by atoms with Crippen LogP contribution in [0.4, 0.5) is 4.79 Å². The third-order valence-electron chi connectivity index (χ3n) is 1.69. The van der Waals surface area contributed by atoms with Crippen molar-refractivity contribution in [1.29, 1.82) is 0 Å². The van der Waals surface area contributed by atoms with Crippen molar-refractivity contribution in [1.82, 2.24) is 10.2 Å². The van der Waals surface area contributed by atoms with E-state index in [4.69, 9.17) is 0 Å². The monoisotopic (exact) mass is 186 g/mol. The summed E-state index contributed by atoms with van der Waals surface area (Å²) >= 11 is 0. The number of rotatable bonds is 5. The summed E-state index contributed by atoms with van der Waals surface area (Å²) in [5, 5.41) is 2.90. The molecule has 0 aliphatic carbocycles. The second-order valence-electron chi connectivity index (χ2n) is 3.59. The molecule has 0 spiro atoms. The second kappa shape index (κ2) is 6.75. The minimum absolute atomic E-state index is 0.0682. The highest BCUT2D eigenvalue weighted by atomic mass is 16.2. The lowest BCUT2D eigenvalue weighted by molar-refractivity contribution is 0.195. The van der Waals surface area contributed by atoms with Crippen LogP contribution in [0.3, 0.4) is 0 Å². The zero-order valence-electron chi connectivity index (χ0n) is 9.26. The van der Waals surface area contributed by atoms with Gasteiger partial charge in [-0.2, -0.15) is 0 Å². The van der Waals surface area contributed by atoms with Gasteiger partial charge in [0.2, 0.25) is 0 Å². The van der Waals surface area contributed by atoms with Gasteiger partial charge in [-0.3, -0.25) is 0 Å². The summed E-state index contributed by atoms with van der Waals surface area (Å²) in [6, 6.07) is 0.294. The van der Waals surface area contributed by atoms with Crippen LogP contribution >= 0.6 is 0 Å². The molecule has 3 heteroatoms. The Bertz CT molecular complexity index is 140. The van der Waals surface area contributed by atoms with Crippen LogP contribution in [-0.2, 0) is 0 Å². The fourth-order valence-corrected chi connectivity index (χ4v) is 1.19. The molecule has 0 bridgehead atoms. The van der Waals surface area contributed by atoms with Crippen molar-refractivity contribution in [3.63, 3.8) is 0 Å². The van der Waals surface area contributed by atoms with Crippen molar-refractivity contribution in [2.45, 2.75) is 46.6 Å². The minimum Gasteiger partial charge on any atom is -0.336 e. The van der Waals surface area contributed by atoms with Gasteiger partial charge in [0.15, 0.2) is 0 Å². The maximum Gasteiger partial charge on any atom is 0.317 e. The molecule has 0 aromatic rings. The van der Waals surface area contributed by atoms with E-state index in [1.807, 2.05) is 18.7 Å². The third kappa shape index (κ3) is 5.50. The van der Waals surface area contributed by atoms with Gasteiger partial charge in [-0.15, -0.1) is 0 Å². The average molecular weight is 186 g/mol. The maximum absolute atomic E-state index is 11.5. The van der Waals surface area contributed by atoms with Gasteiger partial charge < -0.3 is 10.2 Å². The van der Waals surface area contributed by atoms with Gasteiger partial charge in [0.1, 0.15) is 0 Å². The average Bonchev–Trinajstić information content (AvgIpc) is 2.02. The summed E-state index contributed by atoms with van der Waals surface area (Å²) in [4.78, 5) is 13.4. The highest BCUT2D eigenvalue weighted by Crippen LogP contribution is 1.95. The Morgan fingerprint density at radius 3 is 2.00 bits per heavy atom. The predicted octanol–water partition coefficient (Wildman–Crippen LogP) is 2.23. The molecule has 0 saturated carbocycles. The zero-order valence-corrected chi connectivity index (χ0v) is 9.26. The molecule has 0 aromatic heterocycles. The highest BCUT2D eigenvalue weighted by molar-refractivity contribution is 5.74. The number of urea groups is 1. The van der Waals surface area contributed by atoms with Crippen molar-refractivity contribution < 1.29 is 4.79 Å². The number of nitrogens with one attached hydrogen (secondary N) is 1. The molecule has 78 valence electrons. The van der Waals surface area contributed by atoms with E-state index >= 15 is 0 Å². The van der Waals surface area contributed by atoms with Crippen LogP contribution in [0.2, 0.25) is 0 Å². The molecule has 0 saturated heterocycles. The first-order chi connectivity index (χ1) is 6.11. The fourth-order valence-electron chi connectivity index (χ4n) is 1.19. The second-order valence-corrected chi connectivity index (χ2v) is 3.59. The third-order valence-corrected chi connectivity index (χ3v) is 1.69. The summed E-state index contributed by atoms with van der Waals surface area (Å²) < 4.78 is 0. The fraction of sp³-hybridized carbons (Fsp3) is 0.900. The molecule has 0 unspecified atom stereocenters. The van der Waals surface area contributed by atoms with Crippen LogP contribution in [0.1, 0.15) is 40.5 Å². The van der Waals surface area contributed by atoms with E-state index in [1.54, 1.807) is 0 Å². The largest absolute Gasteiger partial charge is 0.336 e. The molecule has 0 aliphatic rings. The van der Waals surface area contributed by atoms with E-state index in [1.165, 1.54) is 0 Å². The van der Waals surface area contributed by atoms with E-state index in [0.717, 1.165) is 25.9 Å². The Hall–Kier alpha value is -0.730. The summed E-state index contributed by atoms with van der Waals surface area (Å²) in [5.74, 6) is 0. The maximum atomic E-state index is 11.5. The Morgan fingerprint density at radius 2 is 1.69 bits per heavy atom. The SMILES string of the molecule is CCCN(CCC)C(=O)NC(C)C. The molecular formula is C10H22N2O. The van der Waals surface area contributed by atoms with Gasteiger partial charge in [-0.05, 0) is 26.7 Å². The summed E-state index contributed by atoms with van der Waals surface area (Å²) in [6.45, 7) is 9.84. The van der Waals surface area contributed by atoms with Crippen molar-refractivity contribution in [2.24, 2.45) is 0 Å². The number of hydrogen-bond donors (Lipinski definition) is 1. The number of nitrogens with zero attached hydrogens (tertiary/aromatic N) is 1. The van der Waals surface area contributed by atoms with Gasteiger partial charge in [-0.1, -0.05) is 13.8 Å². The highest BCUT2D eigenvalue weighted by Gasteiger charge is 2.11. The molecule has 1 N–H and O–H groups in total. The Balaban J connectivity index is 3.95. The number of carbonyl (C=O) groups excluding carboxylic acids is 1. The lowest BCUT2D eigenvalue weighted by atomic mass is 10.3. The number of hydrogen-bond acceptors (Lipinski definition) is 1. The van der Waals surface area contributed by atoms with Crippen molar-refractivity contribution >= 4 is 6.03 Å². The van der Waals surface area contributed by atoms with E-state index in [9.17, 15) is 4.79 Å². The van der Waals surface area contributed by atoms with Crippen molar-refractivity contribution in [3.8, 4) is 0 Å². The van der Waals surface area contributed by atoms with E-state index < -0.39 is 0 Å². The molecule has 0 atom stereocenters. The van der Waals surface area contributed by atoms with Crippen LogP contribution in [0, 0.1) is 0 Å². The molecular weight excluding hydrogens is 164 g/mol. The molecule has 0 rings (SSSR count). The predicted molar refractivity (Wildman–Crippen MR) is 55.8 cm³/mol. The first kappa shape index (κ1) is 12.3. The van der Waals surface area contributed by atoms with Crippen LogP contribution in [-0.4, -0.2) is 30.1 Å². The van der Waals surface area contributed by atoms with Crippen molar-refractivity contribution in [3.05, 3.63) is 0 Å². The van der Waals surface area contributed by atoms with E-state index in [-0.39, 0.29) is 12.1 Å². The van der Waals surface area contributed by atoms with Gasteiger partial charge in [-0.25, -0.2) is 4.79 Å². The van der Waals surface area contributed by atoms with Crippen LogP contribution in [0.5, 0.6) is 0 Å². The smallest absolute Gasteiger partial charge is 0.317 e. The molecule has 0 fully saturated rings. The standard InChI is InChI=1S/C10H22N2O/c1-5-7-12(8-6-2)10(13)11-9(3)4/h9H,5-8H2,1-4H3,(H,11,13). The molecule has 0 heterocycles. The first-order valence-electron chi connectivity index (χ1n) is 5.17. The lowest BCUT2D eigenvalue weighted by Gasteiger charge is -2.23. The first-order valence-corrected chi connectivity index (χ1v) is 5.17.